The van der Waals surface area contributed by atoms with Gasteiger partial charge in [0.1, 0.15) is 0 Å². The zero-order valence-electron chi connectivity index (χ0n) is 38.8. The highest BCUT2D eigenvalue weighted by atomic mass is 14.4. The van der Waals surface area contributed by atoms with E-state index >= 15 is 0 Å². The molecule has 14 rings (SSSR count). The molecule has 0 fully saturated rings. The Bertz CT molecular complexity index is 4100. The number of hydrogen-bond donors (Lipinski definition) is 0. The highest BCUT2D eigenvalue weighted by molar-refractivity contribution is 6.25. The van der Waals surface area contributed by atoms with Gasteiger partial charge in [0.05, 0.1) is 0 Å². The quantitative estimate of drug-likeness (QED) is 0.155. The molecule has 320 valence electrons. The summed E-state index contributed by atoms with van der Waals surface area (Å²) in [7, 11) is 0. The maximum Gasteiger partial charge on any atom is 0.0159 e. The van der Waals surface area contributed by atoms with Crippen LogP contribution in [0.5, 0.6) is 0 Å². The molecule has 0 bridgehead atoms. The van der Waals surface area contributed by atoms with E-state index in [1.807, 2.05) is 0 Å². The van der Waals surface area contributed by atoms with Crippen LogP contribution in [0.25, 0.3) is 121 Å². The Morgan fingerprint density at radius 2 is 0.515 bits per heavy atom. The predicted molar refractivity (Wildman–Crippen MR) is 291 cm³/mol. The van der Waals surface area contributed by atoms with Crippen LogP contribution in [0.1, 0.15) is 49.9 Å². The molecule has 0 heterocycles. The molecule has 0 heteroatoms. The minimum absolute atomic E-state index is 0.0220. The Labute approximate surface area is 397 Å². The summed E-state index contributed by atoms with van der Waals surface area (Å²) in [6, 6.07) is 82.6. The summed E-state index contributed by atoms with van der Waals surface area (Å²) in [5.74, 6) is 0. The van der Waals surface area contributed by atoms with Crippen LogP contribution >= 0.6 is 0 Å². The van der Waals surface area contributed by atoms with Gasteiger partial charge in [0.2, 0.25) is 0 Å². The van der Waals surface area contributed by atoms with Gasteiger partial charge in [-0.2, -0.15) is 0 Å². The minimum atomic E-state index is -0.130. The van der Waals surface area contributed by atoms with Gasteiger partial charge in [-0.3, -0.25) is 0 Å². The maximum atomic E-state index is 2.46. The van der Waals surface area contributed by atoms with E-state index in [4.69, 9.17) is 0 Å². The van der Waals surface area contributed by atoms with Crippen LogP contribution in [-0.4, -0.2) is 0 Å². The Hall–Kier alpha value is -8.06. The lowest BCUT2D eigenvalue weighted by Crippen LogP contribution is -2.15. The summed E-state index contributed by atoms with van der Waals surface area (Å²) in [5.41, 5.74) is 20.9. The first-order valence-electron chi connectivity index (χ1n) is 24.1. The van der Waals surface area contributed by atoms with Gasteiger partial charge in [0.25, 0.3) is 0 Å². The molecule has 0 nitrogen and oxygen atoms in total. The third-order valence-electron chi connectivity index (χ3n) is 16.0. The lowest BCUT2D eigenvalue weighted by molar-refractivity contribution is 0.659. The highest BCUT2D eigenvalue weighted by Crippen LogP contribution is 2.53. The number of hydrogen-bond acceptors (Lipinski definition) is 0. The van der Waals surface area contributed by atoms with Crippen molar-refractivity contribution in [1.82, 2.24) is 0 Å². The van der Waals surface area contributed by atoms with Crippen LogP contribution in [-0.2, 0) is 10.8 Å². The average Bonchev–Trinajstić information content (AvgIpc) is 3.76. The number of rotatable bonds is 4. The number of benzene rings is 12. The second-order valence-corrected chi connectivity index (χ2v) is 20.5. The molecular formula is C68H48. The van der Waals surface area contributed by atoms with Gasteiger partial charge in [0.15, 0.2) is 0 Å². The van der Waals surface area contributed by atoms with Crippen molar-refractivity contribution in [1.29, 1.82) is 0 Å². The van der Waals surface area contributed by atoms with E-state index in [1.54, 1.807) is 0 Å². The average molecular weight is 865 g/mol. The first kappa shape index (κ1) is 39.1. The molecule has 12 aromatic carbocycles. The molecule has 0 atom stereocenters. The maximum absolute atomic E-state index is 2.46. The molecule has 0 saturated heterocycles. The molecule has 0 amide bonds. The molecule has 0 aliphatic heterocycles. The van der Waals surface area contributed by atoms with Gasteiger partial charge in [-0.1, -0.05) is 198 Å². The third kappa shape index (κ3) is 5.74. The Morgan fingerprint density at radius 3 is 1.00 bits per heavy atom. The molecule has 0 saturated carbocycles. The van der Waals surface area contributed by atoms with Crippen LogP contribution in [0.3, 0.4) is 0 Å². The Balaban J connectivity index is 0.757. The first-order valence-corrected chi connectivity index (χ1v) is 24.1. The smallest absolute Gasteiger partial charge is 0.0159 e. The van der Waals surface area contributed by atoms with Crippen molar-refractivity contribution in [2.75, 3.05) is 0 Å². The third-order valence-corrected chi connectivity index (χ3v) is 16.0. The van der Waals surface area contributed by atoms with Crippen LogP contribution < -0.4 is 0 Å². The molecule has 12 aromatic rings. The molecule has 2 aliphatic carbocycles. The van der Waals surface area contributed by atoms with Gasteiger partial charge >= 0.3 is 0 Å². The summed E-state index contributed by atoms with van der Waals surface area (Å²) in [6.07, 6.45) is 0. The number of fused-ring (bicyclic) bond motifs is 14. The standard InChI is InChI=1S/C68H48/c1-67(2)63-16-10-9-15-58(63)59-30-27-50(39-64(59)67)51-28-32-61-60-31-26-49(38-65(60)68(3,4)66(61)40-51)45-24-23-42-33-44(22-21-43(42)34-45)46-19-17-41-18-20-47(36-52(41)35-46)48-25-29-57-55-13-6-5-11-53(55)54-12-7-8-14-56(54)62(57)37-48/h5-40H,1-4H3. The van der Waals surface area contributed by atoms with Crippen molar-refractivity contribution < 1.29 is 0 Å². The summed E-state index contributed by atoms with van der Waals surface area (Å²) in [6.45, 7) is 9.53. The summed E-state index contributed by atoms with van der Waals surface area (Å²) >= 11 is 0. The Morgan fingerprint density at radius 1 is 0.206 bits per heavy atom. The van der Waals surface area contributed by atoms with Crippen LogP contribution in [0.15, 0.2) is 218 Å². The normalized spacial score (nSPS) is 14.1. The summed E-state index contributed by atoms with van der Waals surface area (Å²) in [5, 5.41) is 12.8. The van der Waals surface area contributed by atoms with Gasteiger partial charge in [-0.15, -0.1) is 0 Å². The molecule has 0 spiro atoms. The van der Waals surface area contributed by atoms with Crippen molar-refractivity contribution in [2.24, 2.45) is 0 Å². The van der Waals surface area contributed by atoms with Crippen molar-refractivity contribution in [2.45, 2.75) is 38.5 Å². The molecule has 0 unspecified atom stereocenters. The van der Waals surface area contributed by atoms with E-state index in [-0.39, 0.29) is 10.8 Å². The van der Waals surface area contributed by atoms with Crippen molar-refractivity contribution in [3.05, 3.63) is 241 Å². The molecule has 2 aliphatic rings. The van der Waals surface area contributed by atoms with E-state index in [0.717, 1.165) is 0 Å². The molecule has 68 heavy (non-hydrogen) atoms. The first-order chi connectivity index (χ1) is 33.2. The van der Waals surface area contributed by atoms with E-state index in [2.05, 4.69) is 246 Å². The monoisotopic (exact) mass is 864 g/mol. The fourth-order valence-electron chi connectivity index (χ4n) is 12.3. The zero-order chi connectivity index (χ0) is 45.5. The molecule has 0 aromatic heterocycles. The van der Waals surface area contributed by atoms with Crippen molar-refractivity contribution in [3.63, 3.8) is 0 Å². The SMILES string of the molecule is CC1(C)c2ccccc2-c2ccc(-c3ccc4c(c3)C(C)(C)c3cc(-c5ccc6cc(-c7ccc8ccc(-c9ccc%10c%11ccccc%11c%11ccccc%11c%10c9)cc8c7)ccc6c5)ccc3-4)cc21. The van der Waals surface area contributed by atoms with Crippen molar-refractivity contribution >= 4 is 53.9 Å². The van der Waals surface area contributed by atoms with E-state index in [9.17, 15) is 0 Å². The largest absolute Gasteiger partial charge is 0.0619 e. The highest BCUT2D eigenvalue weighted by Gasteiger charge is 2.37. The lowest BCUT2D eigenvalue weighted by Gasteiger charge is -2.23. The molecular weight excluding hydrogens is 817 g/mol. The second kappa shape index (κ2) is 14.2. The van der Waals surface area contributed by atoms with E-state index < -0.39 is 0 Å². The summed E-state index contributed by atoms with van der Waals surface area (Å²) in [4.78, 5) is 0. The predicted octanol–water partition coefficient (Wildman–Crippen LogP) is 18.7. The van der Waals surface area contributed by atoms with E-state index in [0.29, 0.717) is 0 Å². The van der Waals surface area contributed by atoms with Crippen LogP contribution in [0.4, 0.5) is 0 Å². The fraction of sp³-hybridized carbons (Fsp3) is 0.0882. The van der Waals surface area contributed by atoms with E-state index in [1.165, 1.54) is 143 Å². The molecule has 0 radical (unpaired) electrons. The van der Waals surface area contributed by atoms with Gasteiger partial charge < -0.3 is 0 Å². The van der Waals surface area contributed by atoms with Gasteiger partial charge in [-0.05, 0) is 191 Å². The topological polar surface area (TPSA) is 0 Å². The second-order valence-electron chi connectivity index (χ2n) is 20.5. The fourth-order valence-corrected chi connectivity index (χ4v) is 12.3. The lowest BCUT2D eigenvalue weighted by atomic mass is 9.80. The van der Waals surface area contributed by atoms with Gasteiger partial charge in [-0.25, -0.2) is 0 Å². The van der Waals surface area contributed by atoms with Gasteiger partial charge in [0, 0.05) is 10.8 Å². The summed E-state index contributed by atoms with van der Waals surface area (Å²) < 4.78 is 0. The van der Waals surface area contributed by atoms with Crippen LogP contribution in [0, 0.1) is 0 Å². The molecule has 0 N–H and O–H groups in total. The minimum Gasteiger partial charge on any atom is -0.0619 e. The Kier molecular flexibility index (Phi) is 8.19. The zero-order valence-corrected chi connectivity index (χ0v) is 38.8. The van der Waals surface area contributed by atoms with Crippen LogP contribution in [0.2, 0.25) is 0 Å². The van der Waals surface area contributed by atoms with Crippen molar-refractivity contribution in [3.8, 4) is 66.8 Å².